The Bertz CT molecular complexity index is 643. The number of nitrogens with zero attached hydrogens (tertiary/aromatic N) is 1. The number of amides is 1. The maximum atomic E-state index is 12.7. The van der Waals surface area contributed by atoms with Gasteiger partial charge < -0.3 is 5.32 Å². The van der Waals surface area contributed by atoms with Gasteiger partial charge in [-0.15, -0.1) is 0 Å². The molecule has 24 heavy (non-hydrogen) atoms. The van der Waals surface area contributed by atoms with Gasteiger partial charge in [0.05, 0.1) is 17.7 Å². The van der Waals surface area contributed by atoms with Crippen LogP contribution in [0.1, 0.15) is 45.2 Å². The Labute approximate surface area is 145 Å². The van der Waals surface area contributed by atoms with Crippen LogP contribution < -0.4 is 5.32 Å². The molecular weight excluding hydrogens is 324 g/mol. The summed E-state index contributed by atoms with van der Waals surface area (Å²) in [4.78, 5) is 12.7. The Kier molecular flexibility index (Phi) is 6.40. The first kappa shape index (κ1) is 18.9. The fraction of sp³-hybridized carbons (Fsp3) is 0.611. The molecule has 134 valence electrons. The van der Waals surface area contributed by atoms with E-state index in [9.17, 15) is 13.2 Å². The van der Waals surface area contributed by atoms with Crippen molar-refractivity contribution in [1.29, 1.82) is 0 Å². The van der Waals surface area contributed by atoms with Gasteiger partial charge in [-0.1, -0.05) is 44.2 Å². The number of piperidine rings is 1. The number of benzene rings is 1. The van der Waals surface area contributed by atoms with Crippen molar-refractivity contribution in [2.75, 3.05) is 18.8 Å². The lowest BCUT2D eigenvalue weighted by molar-refractivity contribution is -0.127. The highest BCUT2D eigenvalue weighted by Gasteiger charge is 2.32. The predicted molar refractivity (Wildman–Crippen MR) is 95.9 cm³/mol. The lowest BCUT2D eigenvalue weighted by atomic mass is 9.93. The van der Waals surface area contributed by atoms with E-state index in [4.69, 9.17) is 0 Å². The monoisotopic (exact) mass is 352 g/mol. The second-order valence-electron chi connectivity index (χ2n) is 6.74. The Hall–Kier alpha value is -1.40. The van der Waals surface area contributed by atoms with Gasteiger partial charge in [-0.25, -0.2) is 12.7 Å². The van der Waals surface area contributed by atoms with Crippen molar-refractivity contribution in [2.45, 2.75) is 39.7 Å². The SMILES string of the molecule is CCS(=O)(=O)N1CCC[C@@H](C(=O)N[C@@H](c2ccccc2)C(C)C)C1. The van der Waals surface area contributed by atoms with Crippen LogP contribution in [0.4, 0.5) is 0 Å². The topological polar surface area (TPSA) is 66.5 Å². The van der Waals surface area contributed by atoms with Crippen LogP contribution in [0.5, 0.6) is 0 Å². The lowest BCUT2D eigenvalue weighted by Crippen LogP contribution is -2.46. The van der Waals surface area contributed by atoms with Crippen LogP contribution in [-0.2, 0) is 14.8 Å². The number of nitrogens with one attached hydrogen (secondary N) is 1. The molecule has 1 N–H and O–H groups in total. The molecule has 1 aromatic rings. The van der Waals surface area contributed by atoms with Crippen LogP contribution in [0.15, 0.2) is 30.3 Å². The minimum Gasteiger partial charge on any atom is -0.349 e. The highest BCUT2D eigenvalue weighted by molar-refractivity contribution is 7.89. The molecule has 0 saturated carbocycles. The van der Waals surface area contributed by atoms with Crippen molar-refractivity contribution in [3.05, 3.63) is 35.9 Å². The maximum Gasteiger partial charge on any atom is 0.224 e. The summed E-state index contributed by atoms with van der Waals surface area (Å²) in [6, 6.07) is 9.85. The maximum absolute atomic E-state index is 12.7. The van der Waals surface area contributed by atoms with Crippen molar-refractivity contribution in [3.8, 4) is 0 Å². The zero-order valence-electron chi connectivity index (χ0n) is 14.7. The predicted octanol–water partition coefficient (Wildman–Crippen LogP) is 2.56. The van der Waals surface area contributed by atoms with E-state index in [1.807, 2.05) is 30.3 Å². The summed E-state index contributed by atoms with van der Waals surface area (Å²) in [5.41, 5.74) is 1.08. The average molecular weight is 353 g/mol. The molecule has 0 aliphatic carbocycles. The minimum atomic E-state index is -3.23. The number of rotatable bonds is 6. The minimum absolute atomic E-state index is 0.0476. The highest BCUT2D eigenvalue weighted by Crippen LogP contribution is 2.24. The van der Waals surface area contributed by atoms with Gasteiger partial charge in [0.2, 0.25) is 15.9 Å². The van der Waals surface area contributed by atoms with E-state index in [1.54, 1.807) is 6.92 Å². The number of hydrogen-bond donors (Lipinski definition) is 1. The third-order valence-electron chi connectivity index (χ3n) is 4.64. The summed E-state index contributed by atoms with van der Waals surface area (Å²) in [5.74, 6) is 0.0222. The first-order chi connectivity index (χ1) is 11.3. The molecule has 5 nitrogen and oxygen atoms in total. The van der Waals surface area contributed by atoms with Crippen molar-refractivity contribution in [3.63, 3.8) is 0 Å². The molecule has 1 amide bonds. The molecule has 2 atom stereocenters. The van der Waals surface area contributed by atoms with Gasteiger partial charge in [0, 0.05) is 13.1 Å². The smallest absolute Gasteiger partial charge is 0.224 e. The number of hydrogen-bond acceptors (Lipinski definition) is 3. The van der Waals surface area contributed by atoms with E-state index in [1.165, 1.54) is 4.31 Å². The first-order valence-corrected chi connectivity index (χ1v) is 10.3. The fourth-order valence-electron chi connectivity index (χ4n) is 3.16. The normalized spacial score (nSPS) is 20.8. The third-order valence-corrected chi connectivity index (χ3v) is 6.48. The van der Waals surface area contributed by atoms with Crippen molar-refractivity contribution >= 4 is 15.9 Å². The van der Waals surface area contributed by atoms with E-state index in [-0.39, 0.29) is 29.5 Å². The molecule has 0 spiro atoms. The largest absolute Gasteiger partial charge is 0.349 e. The van der Waals surface area contributed by atoms with E-state index < -0.39 is 10.0 Å². The zero-order valence-corrected chi connectivity index (χ0v) is 15.6. The molecule has 2 rings (SSSR count). The number of carbonyl (C=O) groups is 1. The quantitative estimate of drug-likeness (QED) is 0.856. The number of sulfonamides is 1. The molecule has 0 radical (unpaired) electrons. The van der Waals surface area contributed by atoms with E-state index in [0.29, 0.717) is 13.1 Å². The second kappa shape index (κ2) is 8.12. The third kappa shape index (κ3) is 4.57. The van der Waals surface area contributed by atoms with Crippen molar-refractivity contribution in [2.24, 2.45) is 11.8 Å². The first-order valence-electron chi connectivity index (χ1n) is 8.68. The Morgan fingerprint density at radius 1 is 1.29 bits per heavy atom. The molecular formula is C18H28N2O3S. The standard InChI is InChI=1S/C18H28N2O3S/c1-4-24(22,23)20-12-8-11-16(13-20)18(21)19-17(14(2)3)15-9-6-5-7-10-15/h5-7,9-10,14,16-17H,4,8,11-13H2,1-3H3,(H,19,21)/t16-,17-/m1/s1. The van der Waals surface area contributed by atoms with Gasteiger partial charge in [-0.05, 0) is 31.2 Å². The van der Waals surface area contributed by atoms with E-state index in [2.05, 4.69) is 19.2 Å². The Balaban J connectivity index is 2.07. The summed E-state index contributed by atoms with van der Waals surface area (Å²) in [5, 5.41) is 3.13. The molecule has 1 aromatic carbocycles. The van der Waals surface area contributed by atoms with Gasteiger partial charge in [0.1, 0.15) is 0 Å². The van der Waals surface area contributed by atoms with Gasteiger partial charge >= 0.3 is 0 Å². The highest BCUT2D eigenvalue weighted by atomic mass is 32.2. The van der Waals surface area contributed by atoms with Crippen LogP contribution in [0, 0.1) is 11.8 Å². The molecule has 1 aliphatic heterocycles. The van der Waals surface area contributed by atoms with E-state index in [0.717, 1.165) is 18.4 Å². The molecule has 1 saturated heterocycles. The summed E-state index contributed by atoms with van der Waals surface area (Å²) >= 11 is 0. The second-order valence-corrected chi connectivity index (χ2v) is 9.00. The van der Waals surface area contributed by atoms with Crippen LogP contribution in [0.25, 0.3) is 0 Å². The summed E-state index contributed by atoms with van der Waals surface area (Å²) in [6.45, 7) is 6.61. The van der Waals surface area contributed by atoms with Gasteiger partial charge in [0.15, 0.2) is 0 Å². The molecule has 0 bridgehead atoms. The zero-order chi connectivity index (χ0) is 17.7. The molecule has 6 heteroatoms. The van der Waals surface area contributed by atoms with Crippen LogP contribution >= 0.6 is 0 Å². The van der Waals surface area contributed by atoms with E-state index >= 15 is 0 Å². The Morgan fingerprint density at radius 2 is 1.96 bits per heavy atom. The molecule has 1 aliphatic rings. The fourth-order valence-corrected chi connectivity index (χ4v) is 4.34. The van der Waals surface area contributed by atoms with Crippen LogP contribution in [0.2, 0.25) is 0 Å². The van der Waals surface area contributed by atoms with Crippen molar-refractivity contribution < 1.29 is 13.2 Å². The Morgan fingerprint density at radius 3 is 2.54 bits per heavy atom. The molecule has 1 fully saturated rings. The van der Waals surface area contributed by atoms with Gasteiger partial charge in [-0.3, -0.25) is 4.79 Å². The van der Waals surface area contributed by atoms with Gasteiger partial charge in [0.25, 0.3) is 0 Å². The lowest BCUT2D eigenvalue weighted by Gasteiger charge is -2.32. The summed E-state index contributed by atoms with van der Waals surface area (Å²) in [6.07, 6.45) is 1.47. The molecule has 1 heterocycles. The molecule has 0 aromatic heterocycles. The molecule has 0 unspecified atom stereocenters. The summed E-state index contributed by atoms with van der Waals surface area (Å²) in [7, 11) is -3.23. The number of carbonyl (C=O) groups excluding carboxylic acids is 1. The average Bonchev–Trinajstić information content (AvgIpc) is 2.60. The van der Waals surface area contributed by atoms with Gasteiger partial charge in [-0.2, -0.15) is 0 Å². The summed E-state index contributed by atoms with van der Waals surface area (Å²) < 4.78 is 25.6. The van der Waals surface area contributed by atoms with Crippen LogP contribution in [-0.4, -0.2) is 37.5 Å². The van der Waals surface area contributed by atoms with Crippen LogP contribution in [0.3, 0.4) is 0 Å². The van der Waals surface area contributed by atoms with Crippen molar-refractivity contribution in [1.82, 2.24) is 9.62 Å².